The molecule has 0 fully saturated rings. The van der Waals surface area contributed by atoms with E-state index in [1.54, 1.807) is 0 Å². The smallest absolute Gasteiger partial charge is 0.303 e. The van der Waals surface area contributed by atoms with Crippen molar-refractivity contribution in [2.75, 3.05) is 0 Å². The second-order valence-electron chi connectivity index (χ2n) is 5.32. The minimum Gasteiger partial charge on any atom is -0.481 e. The standard InChI is InChI=1S/C16H22O2/c1-2-3-5-14(11-16(17)18)15-9-8-12-6-4-7-13(12)10-15/h8-10,14H,2-7,11H2,1H3,(H,17,18). The molecule has 0 amide bonds. The van der Waals surface area contributed by atoms with Gasteiger partial charge in [-0.05, 0) is 48.3 Å². The third-order valence-corrected chi connectivity index (χ3v) is 3.92. The zero-order valence-electron chi connectivity index (χ0n) is 11.1. The first-order valence-corrected chi connectivity index (χ1v) is 7.04. The summed E-state index contributed by atoms with van der Waals surface area (Å²) in [5.74, 6) is -0.495. The molecule has 0 radical (unpaired) electrons. The van der Waals surface area contributed by atoms with Crippen LogP contribution in [0.1, 0.15) is 61.6 Å². The first-order chi connectivity index (χ1) is 8.70. The molecule has 0 spiro atoms. The zero-order chi connectivity index (χ0) is 13.0. The number of aryl methyl sites for hydroxylation is 2. The normalized spacial score (nSPS) is 15.4. The maximum atomic E-state index is 11.0. The Morgan fingerprint density at radius 3 is 2.83 bits per heavy atom. The molecule has 2 rings (SSSR count). The molecule has 0 saturated carbocycles. The van der Waals surface area contributed by atoms with E-state index in [-0.39, 0.29) is 12.3 Å². The summed E-state index contributed by atoms with van der Waals surface area (Å²) in [5, 5.41) is 9.04. The second kappa shape index (κ2) is 6.03. The van der Waals surface area contributed by atoms with E-state index in [0.717, 1.165) is 25.7 Å². The minimum absolute atomic E-state index is 0.188. The molecule has 1 aliphatic carbocycles. The molecule has 0 aliphatic heterocycles. The molecule has 0 bridgehead atoms. The van der Waals surface area contributed by atoms with Gasteiger partial charge in [-0.3, -0.25) is 4.79 Å². The van der Waals surface area contributed by atoms with Crippen LogP contribution in [-0.2, 0) is 17.6 Å². The van der Waals surface area contributed by atoms with Crippen molar-refractivity contribution >= 4 is 5.97 Å². The van der Waals surface area contributed by atoms with Gasteiger partial charge in [0.05, 0.1) is 6.42 Å². The number of carboxylic acid groups (broad SMARTS) is 1. The third-order valence-electron chi connectivity index (χ3n) is 3.92. The maximum absolute atomic E-state index is 11.0. The molecule has 2 heteroatoms. The minimum atomic E-state index is -0.684. The van der Waals surface area contributed by atoms with Gasteiger partial charge in [0.25, 0.3) is 0 Å². The summed E-state index contributed by atoms with van der Waals surface area (Å²) in [6, 6.07) is 6.61. The van der Waals surface area contributed by atoms with Gasteiger partial charge in [-0.15, -0.1) is 0 Å². The molecule has 1 atom stereocenters. The highest BCUT2D eigenvalue weighted by molar-refractivity contribution is 5.68. The average Bonchev–Trinajstić information content (AvgIpc) is 2.81. The Hall–Kier alpha value is -1.31. The molecule has 18 heavy (non-hydrogen) atoms. The number of hydrogen-bond acceptors (Lipinski definition) is 1. The summed E-state index contributed by atoms with van der Waals surface area (Å²) in [6.07, 6.45) is 7.08. The number of hydrogen-bond donors (Lipinski definition) is 1. The highest BCUT2D eigenvalue weighted by Gasteiger charge is 2.18. The van der Waals surface area contributed by atoms with Crippen LogP contribution in [0.4, 0.5) is 0 Å². The van der Waals surface area contributed by atoms with Gasteiger partial charge in [0.2, 0.25) is 0 Å². The Balaban J connectivity index is 2.15. The highest BCUT2D eigenvalue weighted by atomic mass is 16.4. The van der Waals surface area contributed by atoms with Gasteiger partial charge in [-0.25, -0.2) is 0 Å². The first kappa shape index (κ1) is 13.1. The molecule has 98 valence electrons. The molecule has 1 unspecified atom stereocenters. The number of aliphatic carboxylic acids is 1. The molecule has 1 aromatic carbocycles. The largest absolute Gasteiger partial charge is 0.481 e. The fourth-order valence-corrected chi connectivity index (χ4v) is 2.89. The van der Waals surface area contributed by atoms with Gasteiger partial charge in [-0.2, -0.15) is 0 Å². The van der Waals surface area contributed by atoms with Crippen LogP contribution >= 0.6 is 0 Å². The summed E-state index contributed by atoms with van der Waals surface area (Å²) in [4.78, 5) is 11.0. The van der Waals surface area contributed by atoms with Crippen molar-refractivity contribution in [3.63, 3.8) is 0 Å². The summed E-state index contributed by atoms with van der Waals surface area (Å²) < 4.78 is 0. The van der Waals surface area contributed by atoms with Crippen molar-refractivity contribution in [3.05, 3.63) is 34.9 Å². The van der Waals surface area contributed by atoms with E-state index in [4.69, 9.17) is 5.11 Å². The number of unbranched alkanes of at least 4 members (excludes halogenated alkanes) is 1. The van der Waals surface area contributed by atoms with E-state index >= 15 is 0 Å². The summed E-state index contributed by atoms with van der Waals surface area (Å²) in [5.41, 5.74) is 4.13. The molecular weight excluding hydrogens is 224 g/mol. The lowest BCUT2D eigenvalue weighted by atomic mass is 9.89. The molecule has 1 aromatic rings. The topological polar surface area (TPSA) is 37.3 Å². The Labute approximate surface area is 109 Å². The van der Waals surface area contributed by atoms with E-state index in [1.807, 2.05) is 0 Å². The Morgan fingerprint density at radius 1 is 1.33 bits per heavy atom. The van der Waals surface area contributed by atoms with Crippen LogP contribution in [0.3, 0.4) is 0 Å². The lowest BCUT2D eigenvalue weighted by Gasteiger charge is -2.16. The van der Waals surface area contributed by atoms with Gasteiger partial charge < -0.3 is 5.11 Å². The molecular formula is C16H22O2. The van der Waals surface area contributed by atoms with Gasteiger partial charge >= 0.3 is 5.97 Å². The van der Waals surface area contributed by atoms with Crippen molar-refractivity contribution in [2.45, 2.75) is 57.8 Å². The second-order valence-corrected chi connectivity index (χ2v) is 5.32. The predicted octanol–water partition coefficient (Wildman–Crippen LogP) is 3.92. The Morgan fingerprint density at radius 2 is 2.11 bits per heavy atom. The van der Waals surface area contributed by atoms with Gasteiger partial charge in [0.1, 0.15) is 0 Å². The van der Waals surface area contributed by atoms with Gasteiger partial charge in [0, 0.05) is 0 Å². The first-order valence-electron chi connectivity index (χ1n) is 7.04. The summed E-state index contributed by atoms with van der Waals surface area (Å²) in [7, 11) is 0. The van der Waals surface area contributed by atoms with Crippen LogP contribution in [0.2, 0.25) is 0 Å². The lowest BCUT2D eigenvalue weighted by Crippen LogP contribution is -2.07. The van der Waals surface area contributed by atoms with Crippen LogP contribution < -0.4 is 0 Å². The van der Waals surface area contributed by atoms with Crippen molar-refractivity contribution in [3.8, 4) is 0 Å². The molecule has 0 aromatic heterocycles. The van der Waals surface area contributed by atoms with E-state index in [0.29, 0.717) is 0 Å². The molecule has 1 N–H and O–H groups in total. The average molecular weight is 246 g/mol. The fraction of sp³-hybridized carbons (Fsp3) is 0.562. The van der Waals surface area contributed by atoms with E-state index in [2.05, 4.69) is 25.1 Å². The quantitative estimate of drug-likeness (QED) is 0.826. The van der Waals surface area contributed by atoms with Gasteiger partial charge in [-0.1, -0.05) is 38.0 Å². The number of rotatable bonds is 6. The summed E-state index contributed by atoms with van der Waals surface area (Å²) >= 11 is 0. The van der Waals surface area contributed by atoms with Crippen LogP contribution in [0.15, 0.2) is 18.2 Å². The number of carbonyl (C=O) groups is 1. The van der Waals surface area contributed by atoms with Crippen LogP contribution in [0.25, 0.3) is 0 Å². The molecule has 2 nitrogen and oxygen atoms in total. The molecule has 1 aliphatic rings. The highest BCUT2D eigenvalue weighted by Crippen LogP contribution is 2.30. The number of benzene rings is 1. The SMILES string of the molecule is CCCCC(CC(=O)O)c1ccc2c(c1)CCC2. The fourth-order valence-electron chi connectivity index (χ4n) is 2.89. The van der Waals surface area contributed by atoms with Gasteiger partial charge in [0.15, 0.2) is 0 Å². The van der Waals surface area contributed by atoms with Crippen LogP contribution in [-0.4, -0.2) is 11.1 Å². The predicted molar refractivity (Wildman–Crippen MR) is 73.0 cm³/mol. The lowest BCUT2D eigenvalue weighted by molar-refractivity contribution is -0.137. The van der Waals surface area contributed by atoms with E-state index in [9.17, 15) is 4.79 Å². The van der Waals surface area contributed by atoms with Crippen LogP contribution in [0, 0.1) is 0 Å². The number of carboxylic acids is 1. The van der Waals surface area contributed by atoms with Crippen LogP contribution in [0.5, 0.6) is 0 Å². The zero-order valence-corrected chi connectivity index (χ0v) is 11.1. The molecule has 0 saturated heterocycles. The van der Waals surface area contributed by atoms with E-state index in [1.165, 1.54) is 29.5 Å². The molecule has 0 heterocycles. The van der Waals surface area contributed by atoms with Crippen molar-refractivity contribution in [1.82, 2.24) is 0 Å². The third kappa shape index (κ3) is 3.12. The van der Waals surface area contributed by atoms with E-state index < -0.39 is 5.97 Å². The Kier molecular flexibility index (Phi) is 4.40. The maximum Gasteiger partial charge on any atom is 0.303 e. The van der Waals surface area contributed by atoms with Crippen molar-refractivity contribution in [2.24, 2.45) is 0 Å². The van der Waals surface area contributed by atoms with Crippen molar-refractivity contribution in [1.29, 1.82) is 0 Å². The summed E-state index contributed by atoms with van der Waals surface area (Å²) in [6.45, 7) is 2.15. The monoisotopic (exact) mass is 246 g/mol. The Bertz CT molecular complexity index is 423. The van der Waals surface area contributed by atoms with Crippen molar-refractivity contribution < 1.29 is 9.90 Å². The number of fused-ring (bicyclic) bond motifs is 1.